The van der Waals surface area contributed by atoms with Crippen LogP contribution >= 0.6 is 0 Å². The number of hydrogen-bond donors (Lipinski definition) is 1. The summed E-state index contributed by atoms with van der Waals surface area (Å²) in [6, 6.07) is 2.10. The van der Waals surface area contributed by atoms with Gasteiger partial charge in [0.25, 0.3) is 0 Å². The molecular formula is C19H38N2. The van der Waals surface area contributed by atoms with Crippen LogP contribution in [0.4, 0.5) is 0 Å². The molecular weight excluding hydrogens is 256 g/mol. The number of hydrogen-bond acceptors (Lipinski definition) is 2. The summed E-state index contributed by atoms with van der Waals surface area (Å²) >= 11 is 0. The summed E-state index contributed by atoms with van der Waals surface area (Å²) in [5.74, 6) is 2.48. The molecule has 0 amide bonds. The van der Waals surface area contributed by atoms with Crippen molar-refractivity contribution in [2.24, 2.45) is 23.2 Å². The lowest BCUT2D eigenvalue weighted by Gasteiger charge is -2.43. The summed E-state index contributed by atoms with van der Waals surface area (Å²) in [5.41, 5.74) is 0.444. The number of nitrogens with one attached hydrogen (secondary N) is 1. The lowest BCUT2D eigenvalue weighted by Crippen LogP contribution is -2.51. The molecule has 2 heterocycles. The summed E-state index contributed by atoms with van der Waals surface area (Å²) in [6.45, 7) is 19.5. The smallest absolute Gasteiger partial charge is 0.0170 e. The van der Waals surface area contributed by atoms with Crippen LogP contribution in [0.5, 0.6) is 0 Å². The number of likely N-dealkylation sites (tertiary alicyclic amines) is 1. The van der Waals surface area contributed by atoms with Gasteiger partial charge in [-0.05, 0) is 63.3 Å². The third-order valence-corrected chi connectivity index (χ3v) is 6.07. The Morgan fingerprint density at radius 2 is 1.90 bits per heavy atom. The first-order valence-corrected chi connectivity index (χ1v) is 9.24. The zero-order valence-electron chi connectivity index (χ0n) is 15.4. The van der Waals surface area contributed by atoms with Crippen molar-refractivity contribution >= 4 is 0 Å². The third kappa shape index (κ3) is 3.82. The molecule has 2 rings (SSSR count). The molecule has 0 aliphatic carbocycles. The van der Waals surface area contributed by atoms with Crippen molar-refractivity contribution in [3.8, 4) is 0 Å². The van der Waals surface area contributed by atoms with Crippen molar-refractivity contribution in [2.75, 3.05) is 13.1 Å². The van der Waals surface area contributed by atoms with Gasteiger partial charge in [-0.25, -0.2) is 0 Å². The second-order valence-electron chi connectivity index (χ2n) is 8.98. The topological polar surface area (TPSA) is 15.3 Å². The zero-order valence-corrected chi connectivity index (χ0v) is 15.4. The van der Waals surface area contributed by atoms with Crippen LogP contribution in [-0.4, -0.2) is 36.1 Å². The van der Waals surface area contributed by atoms with E-state index in [4.69, 9.17) is 0 Å². The van der Waals surface area contributed by atoms with Gasteiger partial charge in [-0.3, -0.25) is 4.90 Å². The molecule has 0 saturated carbocycles. The first kappa shape index (κ1) is 17.3. The maximum absolute atomic E-state index is 3.83. The highest BCUT2D eigenvalue weighted by molar-refractivity contribution is 4.98. The maximum Gasteiger partial charge on any atom is 0.0170 e. The Morgan fingerprint density at radius 3 is 2.48 bits per heavy atom. The van der Waals surface area contributed by atoms with Crippen LogP contribution in [0.15, 0.2) is 0 Å². The van der Waals surface area contributed by atoms with Crippen LogP contribution < -0.4 is 5.32 Å². The Balaban J connectivity index is 2.38. The second-order valence-corrected chi connectivity index (χ2v) is 8.98. The van der Waals surface area contributed by atoms with Crippen LogP contribution in [-0.2, 0) is 0 Å². The molecule has 5 unspecified atom stereocenters. The summed E-state index contributed by atoms with van der Waals surface area (Å²) in [5, 5.41) is 3.83. The molecule has 2 aliphatic rings. The zero-order chi connectivity index (χ0) is 15.8. The van der Waals surface area contributed by atoms with Crippen molar-refractivity contribution in [1.82, 2.24) is 10.2 Å². The maximum atomic E-state index is 3.83. The lowest BCUT2D eigenvalue weighted by atomic mass is 9.75. The predicted octanol–water partition coefficient (Wildman–Crippen LogP) is 4.16. The van der Waals surface area contributed by atoms with Gasteiger partial charge < -0.3 is 5.32 Å². The standard InChI is InChI=1S/C19H38N2/c1-8-16-9-15(5)20-11-17-14(4)10-19(6,7)12-21(13(2)3)18(16)17/h13-18,20H,8-12H2,1-7H3. The minimum Gasteiger partial charge on any atom is -0.314 e. The molecule has 0 bridgehead atoms. The highest BCUT2D eigenvalue weighted by Crippen LogP contribution is 2.43. The van der Waals surface area contributed by atoms with E-state index in [0.717, 1.165) is 23.8 Å². The van der Waals surface area contributed by atoms with E-state index in [0.29, 0.717) is 17.5 Å². The molecule has 2 aliphatic heterocycles. The van der Waals surface area contributed by atoms with E-state index < -0.39 is 0 Å². The Labute approximate surface area is 133 Å². The summed E-state index contributed by atoms with van der Waals surface area (Å²) in [6.07, 6.45) is 4.03. The normalized spacial score (nSPS) is 41.4. The van der Waals surface area contributed by atoms with Gasteiger partial charge in [0.05, 0.1) is 0 Å². The van der Waals surface area contributed by atoms with Gasteiger partial charge in [0.15, 0.2) is 0 Å². The Kier molecular flexibility index (Phi) is 5.41. The molecule has 2 fully saturated rings. The van der Waals surface area contributed by atoms with Crippen LogP contribution in [0.1, 0.15) is 67.7 Å². The summed E-state index contributed by atoms with van der Waals surface area (Å²) < 4.78 is 0. The van der Waals surface area contributed by atoms with Crippen molar-refractivity contribution in [2.45, 2.75) is 85.9 Å². The van der Waals surface area contributed by atoms with Crippen LogP contribution in [0.25, 0.3) is 0 Å². The van der Waals surface area contributed by atoms with E-state index >= 15 is 0 Å². The molecule has 124 valence electrons. The van der Waals surface area contributed by atoms with Crippen LogP contribution in [0.3, 0.4) is 0 Å². The van der Waals surface area contributed by atoms with Crippen molar-refractivity contribution in [3.05, 3.63) is 0 Å². The van der Waals surface area contributed by atoms with Gasteiger partial charge in [0, 0.05) is 24.7 Å². The first-order chi connectivity index (χ1) is 9.75. The molecule has 0 aromatic rings. The van der Waals surface area contributed by atoms with E-state index in [1.165, 1.54) is 32.4 Å². The molecule has 0 radical (unpaired) electrons. The van der Waals surface area contributed by atoms with Crippen molar-refractivity contribution < 1.29 is 0 Å². The highest BCUT2D eigenvalue weighted by atomic mass is 15.2. The van der Waals surface area contributed by atoms with Crippen LogP contribution in [0, 0.1) is 23.2 Å². The second kappa shape index (κ2) is 6.58. The van der Waals surface area contributed by atoms with Crippen LogP contribution in [0.2, 0.25) is 0 Å². The molecule has 2 nitrogen and oxygen atoms in total. The van der Waals surface area contributed by atoms with Crippen molar-refractivity contribution in [3.63, 3.8) is 0 Å². The van der Waals surface area contributed by atoms with Gasteiger partial charge in [-0.1, -0.05) is 34.1 Å². The fraction of sp³-hybridized carbons (Fsp3) is 1.00. The molecule has 0 aromatic carbocycles. The highest BCUT2D eigenvalue weighted by Gasteiger charge is 2.45. The lowest BCUT2D eigenvalue weighted by molar-refractivity contribution is 0.0495. The molecule has 21 heavy (non-hydrogen) atoms. The monoisotopic (exact) mass is 294 g/mol. The van der Waals surface area contributed by atoms with E-state index in [9.17, 15) is 0 Å². The number of rotatable bonds is 2. The van der Waals surface area contributed by atoms with E-state index in [2.05, 4.69) is 58.7 Å². The molecule has 0 aromatic heterocycles. The van der Waals surface area contributed by atoms with Gasteiger partial charge in [-0.15, -0.1) is 0 Å². The van der Waals surface area contributed by atoms with Crippen molar-refractivity contribution in [1.29, 1.82) is 0 Å². The average molecular weight is 295 g/mol. The van der Waals surface area contributed by atoms with E-state index in [1.54, 1.807) is 0 Å². The Hall–Kier alpha value is -0.0800. The molecule has 5 atom stereocenters. The number of fused-ring (bicyclic) bond motifs is 1. The summed E-state index contributed by atoms with van der Waals surface area (Å²) in [7, 11) is 0. The molecule has 0 spiro atoms. The quantitative estimate of drug-likeness (QED) is 0.823. The van der Waals surface area contributed by atoms with E-state index in [-0.39, 0.29) is 0 Å². The van der Waals surface area contributed by atoms with Gasteiger partial charge in [0.1, 0.15) is 0 Å². The number of nitrogens with zero attached hydrogens (tertiary/aromatic N) is 1. The predicted molar refractivity (Wildman–Crippen MR) is 92.5 cm³/mol. The SMILES string of the molecule is CCC1CC(C)NCC2C(C)CC(C)(C)CN(C(C)C)C12. The largest absolute Gasteiger partial charge is 0.314 e. The Morgan fingerprint density at radius 1 is 1.24 bits per heavy atom. The first-order valence-electron chi connectivity index (χ1n) is 9.24. The fourth-order valence-corrected chi connectivity index (χ4v) is 5.16. The Bertz CT molecular complexity index is 336. The minimum absolute atomic E-state index is 0.444. The third-order valence-electron chi connectivity index (χ3n) is 6.07. The average Bonchev–Trinajstić information content (AvgIpc) is 2.59. The van der Waals surface area contributed by atoms with Gasteiger partial charge in [0.2, 0.25) is 0 Å². The minimum atomic E-state index is 0.444. The summed E-state index contributed by atoms with van der Waals surface area (Å²) in [4.78, 5) is 2.86. The van der Waals surface area contributed by atoms with Gasteiger partial charge >= 0.3 is 0 Å². The van der Waals surface area contributed by atoms with Gasteiger partial charge in [-0.2, -0.15) is 0 Å². The molecule has 2 heteroatoms. The molecule has 2 saturated heterocycles. The van der Waals surface area contributed by atoms with E-state index in [1.807, 2.05) is 0 Å². The fourth-order valence-electron chi connectivity index (χ4n) is 5.16. The molecule has 1 N–H and O–H groups in total.